The van der Waals surface area contributed by atoms with Crippen LogP contribution in [0.1, 0.15) is 29.9 Å². The van der Waals surface area contributed by atoms with E-state index in [4.69, 9.17) is 0 Å². The third kappa shape index (κ3) is 3.06. The van der Waals surface area contributed by atoms with Gasteiger partial charge in [0.25, 0.3) is 0 Å². The summed E-state index contributed by atoms with van der Waals surface area (Å²) in [4.78, 5) is 2.22. The first kappa shape index (κ1) is 11.6. The maximum Gasteiger partial charge on any atom is 0.0227 e. The Morgan fingerprint density at radius 1 is 1.38 bits per heavy atom. The van der Waals surface area contributed by atoms with Gasteiger partial charge >= 0.3 is 0 Å². The Balaban J connectivity index is 2.08. The maximum absolute atomic E-state index is 3.48. The fourth-order valence-electron chi connectivity index (χ4n) is 2.45. The molecule has 16 heavy (non-hydrogen) atoms. The molecular weight excluding hydrogens is 196 g/mol. The summed E-state index contributed by atoms with van der Waals surface area (Å²) in [6.45, 7) is 3.37. The molecule has 0 aliphatic carbocycles. The van der Waals surface area contributed by atoms with Crippen LogP contribution < -0.4 is 5.32 Å². The van der Waals surface area contributed by atoms with Crippen molar-refractivity contribution in [2.24, 2.45) is 0 Å². The average molecular weight is 218 g/mol. The molecule has 1 heterocycles. The average Bonchev–Trinajstić information content (AvgIpc) is 2.30. The van der Waals surface area contributed by atoms with Crippen LogP contribution in [0.25, 0.3) is 0 Å². The van der Waals surface area contributed by atoms with Crippen LogP contribution in [0.5, 0.6) is 0 Å². The van der Waals surface area contributed by atoms with Gasteiger partial charge in [0, 0.05) is 13.1 Å². The molecule has 2 rings (SSSR count). The Bertz CT molecular complexity index is 327. The van der Waals surface area contributed by atoms with Crippen molar-refractivity contribution in [1.82, 2.24) is 10.2 Å². The van der Waals surface area contributed by atoms with Gasteiger partial charge in [-0.1, -0.05) is 24.3 Å². The van der Waals surface area contributed by atoms with Gasteiger partial charge < -0.3 is 10.2 Å². The van der Waals surface area contributed by atoms with E-state index in [2.05, 4.69) is 48.6 Å². The Kier molecular flexibility index (Phi) is 3.97. The van der Waals surface area contributed by atoms with E-state index in [1.807, 2.05) is 0 Å². The summed E-state index contributed by atoms with van der Waals surface area (Å²) >= 11 is 0. The van der Waals surface area contributed by atoms with Crippen LogP contribution in [0.4, 0.5) is 0 Å². The van der Waals surface area contributed by atoms with E-state index < -0.39 is 0 Å². The van der Waals surface area contributed by atoms with Gasteiger partial charge in [0.05, 0.1) is 0 Å². The van der Waals surface area contributed by atoms with Crippen molar-refractivity contribution >= 4 is 0 Å². The van der Waals surface area contributed by atoms with Gasteiger partial charge in [0.15, 0.2) is 0 Å². The van der Waals surface area contributed by atoms with Gasteiger partial charge in [-0.15, -0.1) is 0 Å². The molecule has 1 aromatic rings. The second-order valence-corrected chi connectivity index (χ2v) is 5.03. The molecule has 1 unspecified atom stereocenters. The second kappa shape index (κ2) is 5.46. The maximum atomic E-state index is 3.48. The molecule has 0 aromatic heterocycles. The van der Waals surface area contributed by atoms with Crippen molar-refractivity contribution in [2.75, 3.05) is 27.2 Å². The van der Waals surface area contributed by atoms with Gasteiger partial charge in [-0.25, -0.2) is 0 Å². The van der Waals surface area contributed by atoms with Crippen LogP contribution in [0.3, 0.4) is 0 Å². The van der Waals surface area contributed by atoms with Gasteiger partial charge in [-0.3, -0.25) is 0 Å². The molecule has 0 spiro atoms. The van der Waals surface area contributed by atoms with Gasteiger partial charge in [-0.2, -0.15) is 0 Å². The van der Waals surface area contributed by atoms with E-state index >= 15 is 0 Å². The number of nitrogens with zero attached hydrogens (tertiary/aromatic N) is 1. The summed E-state index contributed by atoms with van der Waals surface area (Å²) in [7, 11) is 4.24. The van der Waals surface area contributed by atoms with Gasteiger partial charge in [-0.05, 0) is 50.5 Å². The minimum absolute atomic E-state index is 0.718. The standard InChI is InChI=1S/C14H22N2/c1-16(2)11-12-5-3-6-13(9-12)14-7-4-8-15-10-14/h3,5-6,9,14-15H,4,7-8,10-11H2,1-2H3. The second-order valence-electron chi connectivity index (χ2n) is 5.03. The molecule has 2 heteroatoms. The summed E-state index contributed by atoms with van der Waals surface area (Å²) in [5.74, 6) is 0.718. The zero-order valence-electron chi connectivity index (χ0n) is 10.4. The van der Waals surface area contributed by atoms with Crippen molar-refractivity contribution in [3.8, 4) is 0 Å². The SMILES string of the molecule is CN(C)Cc1cccc(C2CCCNC2)c1. The molecule has 0 radical (unpaired) electrons. The van der Waals surface area contributed by atoms with E-state index in [9.17, 15) is 0 Å². The van der Waals surface area contributed by atoms with E-state index in [1.54, 1.807) is 0 Å². The molecule has 1 aromatic carbocycles. The number of hydrogen-bond acceptors (Lipinski definition) is 2. The van der Waals surface area contributed by atoms with E-state index in [1.165, 1.54) is 30.5 Å². The number of nitrogens with one attached hydrogen (secondary N) is 1. The van der Waals surface area contributed by atoms with Crippen LogP contribution >= 0.6 is 0 Å². The first-order valence-corrected chi connectivity index (χ1v) is 6.20. The molecule has 1 aliphatic rings. The number of benzene rings is 1. The van der Waals surface area contributed by atoms with Crippen molar-refractivity contribution < 1.29 is 0 Å². The quantitative estimate of drug-likeness (QED) is 0.837. The number of hydrogen-bond donors (Lipinski definition) is 1. The fraction of sp³-hybridized carbons (Fsp3) is 0.571. The van der Waals surface area contributed by atoms with Crippen LogP contribution in [0.2, 0.25) is 0 Å². The molecule has 0 bridgehead atoms. The first-order valence-electron chi connectivity index (χ1n) is 6.20. The monoisotopic (exact) mass is 218 g/mol. The predicted octanol–water partition coefficient (Wildman–Crippen LogP) is 2.22. The first-order chi connectivity index (χ1) is 7.75. The molecule has 1 aliphatic heterocycles. The highest BCUT2D eigenvalue weighted by molar-refractivity contribution is 5.27. The lowest BCUT2D eigenvalue weighted by atomic mass is 9.91. The molecular formula is C14H22N2. The van der Waals surface area contributed by atoms with E-state index in [-0.39, 0.29) is 0 Å². The molecule has 2 nitrogen and oxygen atoms in total. The van der Waals surface area contributed by atoms with E-state index in [0.717, 1.165) is 19.0 Å². The normalized spacial score (nSPS) is 21.3. The zero-order valence-corrected chi connectivity index (χ0v) is 10.4. The molecule has 88 valence electrons. The lowest BCUT2D eigenvalue weighted by Gasteiger charge is -2.23. The minimum Gasteiger partial charge on any atom is -0.316 e. The summed E-state index contributed by atoms with van der Waals surface area (Å²) in [5, 5.41) is 3.48. The summed E-state index contributed by atoms with van der Waals surface area (Å²) in [6.07, 6.45) is 2.64. The zero-order chi connectivity index (χ0) is 11.4. The van der Waals surface area contributed by atoms with Crippen molar-refractivity contribution in [1.29, 1.82) is 0 Å². The summed E-state index contributed by atoms with van der Waals surface area (Å²) in [6, 6.07) is 9.07. The summed E-state index contributed by atoms with van der Waals surface area (Å²) < 4.78 is 0. The lowest BCUT2D eigenvalue weighted by Crippen LogP contribution is -2.28. The molecule has 1 saturated heterocycles. The highest BCUT2D eigenvalue weighted by Crippen LogP contribution is 2.23. The molecule has 1 atom stereocenters. The Hall–Kier alpha value is -0.860. The Morgan fingerprint density at radius 2 is 2.25 bits per heavy atom. The molecule has 0 saturated carbocycles. The number of rotatable bonds is 3. The van der Waals surface area contributed by atoms with Crippen molar-refractivity contribution in [3.05, 3.63) is 35.4 Å². The third-order valence-electron chi connectivity index (χ3n) is 3.22. The van der Waals surface area contributed by atoms with Crippen LogP contribution in [-0.4, -0.2) is 32.1 Å². The third-order valence-corrected chi connectivity index (χ3v) is 3.22. The minimum atomic E-state index is 0.718. The van der Waals surface area contributed by atoms with Crippen molar-refractivity contribution in [3.63, 3.8) is 0 Å². The number of piperidine rings is 1. The topological polar surface area (TPSA) is 15.3 Å². The molecule has 1 fully saturated rings. The fourth-order valence-corrected chi connectivity index (χ4v) is 2.45. The van der Waals surface area contributed by atoms with Crippen molar-refractivity contribution in [2.45, 2.75) is 25.3 Å². The predicted molar refractivity (Wildman–Crippen MR) is 68.7 cm³/mol. The Labute approximate surface area is 98.7 Å². The lowest BCUT2D eigenvalue weighted by molar-refractivity contribution is 0.401. The molecule has 1 N–H and O–H groups in total. The van der Waals surface area contributed by atoms with Gasteiger partial charge in [0.2, 0.25) is 0 Å². The van der Waals surface area contributed by atoms with E-state index in [0.29, 0.717) is 0 Å². The van der Waals surface area contributed by atoms with Crippen LogP contribution in [0.15, 0.2) is 24.3 Å². The highest BCUT2D eigenvalue weighted by atomic mass is 15.0. The largest absolute Gasteiger partial charge is 0.316 e. The Morgan fingerprint density at radius 3 is 2.94 bits per heavy atom. The van der Waals surface area contributed by atoms with Crippen LogP contribution in [-0.2, 0) is 6.54 Å². The van der Waals surface area contributed by atoms with Gasteiger partial charge in [0.1, 0.15) is 0 Å². The highest BCUT2D eigenvalue weighted by Gasteiger charge is 2.14. The summed E-state index contributed by atoms with van der Waals surface area (Å²) in [5.41, 5.74) is 2.93. The smallest absolute Gasteiger partial charge is 0.0227 e. The molecule has 0 amide bonds. The van der Waals surface area contributed by atoms with Crippen LogP contribution in [0, 0.1) is 0 Å².